The lowest BCUT2D eigenvalue weighted by Gasteiger charge is -2.22. The summed E-state index contributed by atoms with van der Waals surface area (Å²) in [6, 6.07) is 9.81. The van der Waals surface area contributed by atoms with Crippen LogP contribution in [0.2, 0.25) is 0 Å². The number of hydrogen-bond acceptors (Lipinski definition) is 6. The molecule has 0 aliphatic carbocycles. The second-order valence-corrected chi connectivity index (χ2v) is 8.32. The number of nitrogens with two attached hydrogens (primary N) is 1. The van der Waals surface area contributed by atoms with Crippen LogP contribution in [0.15, 0.2) is 53.9 Å². The summed E-state index contributed by atoms with van der Waals surface area (Å²) in [5.74, 6) is 1.73. The molecule has 1 saturated heterocycles. The van der Waals surface area contributed by atoms with Crippen molar-refractivity contribution in [3.63, 3.8) is 0 Å². The summed E-state index contributed by atoms with van der Waals surface area (Å²) >= 11 is 0. The normalized spacial score (nSPS) is 16.6. The third kappa shape index (κ3) is 5.01. The fraction of sp³-hybridized carbons (Fsp3) is 0.375. The number of rotatable bonds is 8. The zero-order chi connectivity index (χ0) is 22.6. The Morgan fingerprint density at radius 1 is 1.26 bits per heavy atom. The molecule has 9 nitrogen and oxygen atoms in total. The second-order valence-electron chi connectivity index (χ2n) is 8.32. The summed E-state index contributed by atoms with van der Waals surface area (Å²) in [5, 5.41) is 9.12. The number of aromatic nitrogens is 4. The van der Waals surface area contributed by atoms with Crippen molar-refractivity contribution in [3.8, 4) is 5.75 Å². The van der Waals surface area contributed by atoms with Crippen molar-refractivity contribution in [1.82, 2.24) is 24.5 Å². The highest BCUT2D eigenvalue weighted by atomic mass is 35.5. The first-order valence-corrected chi connectivity index (χ1v) is 11.3. The van der Waals surface area contributed by atoms with E-state index in [1.54, 1.807) is 13.3 Å². The van der Waals surface area contributed by atoms with Gasteiger partial charge in [0, 0.05) is 31.3 Å². The van der Waals surface area contributed by atoms with Gasteiger partial charge in [-0.05, 0) is 50.0 Å². The number of amidine groups is 1. The SMILES string of the molecule is COCCOc1ccn2c(C(N)=Nc3cccc4c3cnn4CC3CCCNC3)cnc2c1.Cl. The highest BCUT2D eigenvalue weighted by Crippen LogP contribution is 2.27. The summed E-state index contributed by atoms with van der Waals surface area (Å²) in [6.45, 7) is 4.07. The van der Waals surface area contributed by atoms with Gasteiger partial charge in [0.05, 0.1) is 30.2 Å². The molecule has 4 aromatic rings. The van der Waals surface area contributed by atoms with Crippen molar-refractivity contribution in [1.29, 1.82) is 0 Å². The van der Waals surface area contributed by atoms with Crippen molar-refractivity contribution in [2.75, 3.05) is 33.4 Å². The van der Waals surface area contributed by atoms with Crippen LogP contribution in [-0.4, -0.2) is 58.4 Å². The van der Waals surface area contributed by atoms with Gasteiger partial charge in [-0.2, -0.15) is 5.10 Å². The van der Waals surface area contributed by atoms with Gasteiger partial charge in [0.2, 0.25) is 0 Å². The number of fused-ring (bicyclic) bond motifs is 2. The molecule has 10 heteroatoms. The largest absolute Gasteiger partial charge is 0.491 e. The molecule has 1 atom stereocenters. The first-order valence-electron chi connectivity index (χ1n) is 11.3. The van der Waals surface area contributed by atoms with E-state index in [1.165, 1.54) is 12.8 Å². The number of pyridine rings is 1. The quantitative estimate of drug-likeness (QED) is 0.226. The zero-order valence-corrected chi connectivity index (χ0v) is 20.0. The van der Waals surface area contributed by atoms with E-state index in [2.05, 4.69) is 26.1 Å². The minimum absolute atomic E-state index is 0. The summed E-state index contributed by atoms with van der Waals surface area (Å²) in [4.78, 5) is 9.21. The molecule has 0 amide bonds. The molecule has 1 fully saturated rings. The van der Waals surface area contributed by atoms with Gasteiger partial charge in [-0.15, -0.1) is 12.4 Å². The van der Waals surface area contributed by atoms with Crippen molar-refractivity contribution in [2.24, 2.45) is 16.6 Å². The summed E-state index contributed by atoms with van der Waals surface area (Å²) in [6.07, 6.45) is 7.95. The molecule has 1 aliphatic heterocycles. The molecule has 5 rings (SSSR count). The Morgan fingerprint density at radius 2 is 2.18 bits per heavy atom. The summed E-state index contributed by atoms with van der Waals surface area (Å²) in [7, 11) is 1.65. The Labute approximate surface area is 204 Å². The van der Waals surface area contributed by atoms with Crippen molar-refractivity contribution in [2.45, 2.75) is 19.4 Å². The Hall–Kier alpha value is -3.14. The molecule has 0 saturated carbocycles. The fourth-order valence-corrected chi connectivity index (χ4v) is 4.33. The number of nitrogens with one attached hydrogen (secondary N) is 1. The first kappa shape index (κ1) is 24.0. The van der Waals surface area contributed by atoms with Gasteiger partial charge < -0.3 is 20.5 Å². The number of imidazole rings is 1. The molecule has 0 radical (unpaired) electrons. The number of piperidine rings is 1. The van der Waals surface area contributed by atoms with E-state index in [9.17, 15) is 0 Å². The molecule has 0 spiro atoms. The smallest absolute Gasteiger partial charge is 0.150 e. The minimum atomic E-state index is 0. The van der Waals surface area contributed by atoms with Gasteiger partial charge in [-0.1, -0.05) is 6.07 Å². The number of ether oxygens (including phenoxy) is 2. The van der Waals surface area contributed by atoms with E-state index in [-0.39, 0.29) is 12.4 Å². The van der Waals surface area contributed by atoms with Crippen molar-refractivity contribution >= 4 is 40.5 Å². The van der Waals surface area contributed by atoms with Gasteiger partial charge in [0.25, 0.3) is 0 Å². The zero-order valence-electron chi connectivity index (χ0n) is 19.2. The first-order chi connectivity index (χ1) is 16.2. The van der Waals surface area contributed by atoms with Crippen LogP contribution in [0.3, 0.4) is 0 Å². The van der Waals surface area contributed by atoms with Crippen molar-refractivity contribution in [3.05, 3.63) is 54.6 Å². The van der Waals surface area contributed by atoms with Gasteiger partial charge >= 0.3 is 0 Å². The minimum Gasteiger partial charge on any atom is -0.491 e. The molecule has 1 aromatic carbocycles. The molecule has 1 aliphatic rings. The maximum absolute atomic E-state index is 6.43. The molecule has 1 unspecified atom stereocenters. The van der Waals surface area contributed by atoms with Crippen LogP contribution in [0.5, 0.6) is 5.75 Å². The average Bonchev–Trinajstić information content (AvgIpc) is 3.45. The van der Waals surface area contributed by atoms with Crippen LogP contribution in [-0.2, 0) is 11.3 Å². The van der Waals surface area contributed by atoms with Crippen LogP contribution in [0.1, 0.15) is 18.5 Å². The van der Waals surface area contributed by atoms with Crippen LogP contribution >= 0.6 is 12.4 Å². The Balaban J connectivity index is 0.00000274. The molecule has 34 heavy (non-hydrogen) atoms. The number of nitrogens with zero attached hydrogens (tertiary/aromatic N) is 5. The number of aliphatic imine (C=N–C) groups is 1. The van der Waals surface area contributed by atoms with Crippen LogP contribution < -0.4 is 15.8 Å². The topological polar surface area (TPSA) is 104 Å². The van der Waals surface area contributed by atoms with E-state index in [1.807, 2.05) is 41.1 Å². The molecular weight excluding hydrogens is 454 g/mol. The average molecular weight is 484 g/mol. The number of halogens is 1. The van der Waals surface area contributed by atoms with E-state index in [4.69, 9.17) is 20.2 Å². The number of methoxy groups -OCH3 is 1. The molecule has 4 heterocycles. The maximum atomic E-state index is 6.43. The van der Waals surface area contributed by atoms with E-state index < -0.39 is 0 Å². The van der Waals surface area contributed by atoms with Gasteiger partial charge in [-0.25, -0.2) is 9.98 Å². The summed E-state index contributed by atoms with van der Waals surface area (Å²) in [5.41, 5.74) is 9.77. The Bertz CT molecular complexity index is 1280. The second kappa shape index (κ2) is 10.9. The predicted octanol–water partition coefficient (Wildman–Crippen LogP) is 3.17. The number of hydrogen-bond donors (Lipinski definition) is 2. The Morgan fingerprint density at radius 3 is 3.00 bits per heavy atom. The van der Waals surface area contributed by atoms with Gasteiger partial charge in [0.15, 0.2) is 0 Å². The highest BCUT2D eigenvalue weighted by molar-refractivity contribution is 6.01. The lowest BCUT2D eigenvalue weighted by Crippen LogP contribution is -2.32. The van der Waals surface area contributed by atoms with Crippen LogP contribution in [0.25, 0.3) is 16.6 Å². The van der Waals surface area contributed by atoms with Crippen molar-refractivity contribution < 1.29 is 9.47 Å². The van der Waals surface area contributed by atoms with E-state index in [0.29, 0.717) is 25.0 Å². The van der Waals surface area contributed by atoms with E-state index in [0.717, 1.165) is 53.3 Å². The third-order valence-corrected chi connectivity index (χ3v) is 6.04. The lowest BCUT2D eigenvalue weighted by atomic mass is 10.00. The number of benzene rings is 1. The Kier molecular flexibility index (Phi) is 7.66. The fourth-order valence-electron chi connectivity index (χ4n) is 4.33. The third-order valence-electron chi connectivity index (χ3n) is 6.04. The standard InChI is InChI=1S/C24H29N7O2.ClH/c1-32-10-11-33-18-7-9-30-22(15-27-23(30)12-18)24(25)29-20-5-2-6-21-19(20)14-28-31(21)16-17-4-3-8-26-13-17;/h2,5-7,9,12,14-15,17,26H,3-4,8,10-11,13,16H2,1H3,(H2,25,29);1H. The van der Waals surface area contributed by atoms with E-state index >= 15 is 0 Å². The molecule has 3 aromatic heterocycles. The molecule has 3 N–H and O–H groups in total. The molecule has 0 bridgehead atoms. The van der Waals surface area contributed by atoms with Gasteiger partial charge in [-0.3, -0.25) is 9.08 Å². The molecular formula is C24H30ClN7O2. The highest BCUT2D eigenvalue weighted by Gasteiger charge is 2.16. The van der Waals surface area contributed by atoms with Gasteiger partial charge in [0.1, 0.15) is 29.5 Å². The predicted molar refractivity (Wildman–Crippen MR) is 136 cm³/mol. The van der Waals surface area contributed by atoms with Crippen LogP contribution in [0.4, 0.5) is 5.69 Å². The summed E-state index contributed by atoms with van der Waals surface area (Å²) < 4.78 is 14.7. The van der Waals surface area contributed by atoms with Crippen LogP contribution in [0, 0.1) is 5.92 Å². The lowest BCUT2D eigenvalue weighted by molar-refractivity contribution is 0.146. The molecule has 180 valence electrons. The monoisotopic (exact) mass is 483 g/mol. The maximum Gasteiger partial charge on any atom is 0.150 e.